The van der Waals surface area contributed by atoms with Gasteiger partial charge < -0.3 is 4.90 Å². The second-order valence-corrected chi connectivity index (χ2v) is 3.31. The number of hydrogen-bond acceptors (Lipinski definition) is 1. The van der Waals surface area contributed by atoms with E-state index in [0.29, 0.717) is 0 Å². The smallest absolute Gasteiger partial charge is 0.00984 e. The minimum atomic E-state index is 0.906. The summed E-state index contributed by atoms with van der Waals surface area (Å²) in [6.45, 7) is 0. The summed E-state index contributed by atoms with van der Waals surface area (Å²) < 4.78 is 0. The molecule has 0 unspecified atom stereocenters. The SMILES string of the molecule is CN1[C@H]2C[CH]C[C@H]1CC2. The molecule has 1 nitrogen and oxygen atoms in total. The molecular weight excluding hydrogens is 110 g/mol. The van der Waals surface area contributed by atoms with Crippen LogP contribution in [0.4, 0.5) is 0 Å². The van der Waals surface area contributed by atoms with Gasteiger partial charge in [0.2, 0.25) is 0 Å². The van der Waals surface area contributed by atoms with Gasteiger partial charge in [-0.3, -0.25) is 0 Å². The minimum absolute atomic E-state index is 0.906. The Kier molecular flexibility index (Phi) is 1.26. The lowest BCUT2D eigenvalue weighted by molar-refractivity contribution is 0.207. The van der Waals surface area contributed by atoms with Crippen molar-refractivity contribution in [2.75, 3.05) is 7.05 Å². The molecule has 51 valence electrons. The van der Waals surface area contributed by atoms with Crippen molar-refractivity contribution in [3.8, 4) is 0 Å². The highest BCUT2D eigenvalue weighted by molar-refractivity contribution is 4.96. The first-order chi connectivity index (χ1) is 4.38. The zero-order valence-electron chi connectivity index (χ0n) is 6.01. The fourth-order valence-corrected chi connectivity index (χ4v) is 2.14. The van der Waals surface area contributed by atoms with E-state index in [-0.39, 0.29) is 0 Å². The molecule has 2 saturated heterocycles. The zero-order valence-corrected chi connectivity index (χ0v) is 6.01. The van der Waals surface area contributed by atoms with E-state index in [1.54, 1.807) is 0 Å². The summed E-state index contributed by atoms with van der Waals surface area (Å²) in [6, 6.07) is 1.81. The monoisotopic (exact) mass is 124 g/mol. The van der Waals surface area contributed by atoms with Crippen molar-refractivity contribution < 1.29 is 0 Å². The standard InChI is InChI=1S/C8H14N/c1-9-7-3-2-4-8(9)6-5-7/h2,7-8H,3-6H2,1H3/t7-,8-/m0/s1. The van der Waals surface area contributed by atoms with Crippen molar-refractivity contribution in [2.24, 2.45) is 0 Å². The molecule has 2 rings (SSSR count). The van der Waals surface area contributed by atoms with Crippen LogP contribution in [0.3, 0.4) is 0 Å². The van der Waals surface area contributed by atoms with Crippen LogP contribution in [-0.4, -0.2) is 24.0 Å². The Bertz CT molecular complexity index is 95.1. The van der Waals surface area contributed by atoms with Gasteiger partial charge in [-0.05, 0) is 39.2 Å². The zero-order chi connectivity index (χ0) is 6.27. The Balaban J connectivity index is 2.10. The first kappa shape index (κ1) is 5.72. The van der Waals surface area contributed by atoms with E-state index < -0.39 is 0 Å². The lowest BCUT2D eigenvalue weighted by Gasteiger charge is -2.30. The maximum Gasteiger partial charge on any atom is 0.00984 e. The van der Waals surface area contributed by atoms with Gasteiger partial charge in [-0.15, -0.1) is 0 Å². The molecule has 2 atom stereocenters. The minimum Gasteiger partial charge on any atom is -0.300 e. The van der Waals surface area contributed by atoms with Gasteiger partial charge in [-0.1, -0.05) is 0 Å². The second-order valence-electron chi connectivity index (χ2n) is 3.31. The van der Waals surface area contributed by atoms with Gasteiger partial charge in [0.15, 0.2) is 0 Å². The van der Waals surface area contributed by atoms with Crippen LogP contribution >= 0.6 is 0 Å². The quantitative estimate of drug-likeness (QED) is 0.472. The first-order valence-corrected chi connectivity index (χ1v) is 3.91. The van der Waals surface area contributed by atoms with Crippen molar-refractivity contribution in [3.05, 3.63) is 6.42 Å². The average Bonchev–Trinajstić information content (AvgIpc) is 2.19. The maximum atomic E-state index is 2.56. The predicted octanol–water partition coefficient (Wildman–Crippen LogP) is 1.45. The largest absolute Gasteiger partial charge is 0.300 e. The first-order valence-electron chi connectivity index (χ1n) is 3.91. The van der Waals surface area contributed by atoms with Crippen LogP contribution in [-0.2, 0) is 0 Å². The molecule has 0 spiro atoms. The highest BCUT2D eigenvalue weighted by Gasteiger charge is 2.33. The highest BCUT2D eigenvalue weighted by atomic mass is 15.2. The number of hydrogen-bond donors (Lipinski definition) is 0. The van der Waals surface area contributed by atoms with Crippen LogP contribution in [0.2, 0.25) is 0 Å². The highest BCUT2D eigenvalue weighted by Crippen LogP contribution is 2.32. The molecule has 2 fully saturated rings. The molecule has 0 amide bonds. The van der Waals surface area contributed by atoms with Crippen LogP contribution in [0.5, 0.6) is 0 Å². The molecule has 1 heteroatoms. The van der Waals surface area contributed by atoms with Crippen LogP contribution in [0.25, 0.3) is 0 Å². The molecule has 0 aromatic heterocycles. The summed E-state index contributed by atoms with van der Waals surface area (Å²) >= 11 is 0. The van der Waals surface area contributed by atoms with Crippen molar-refractivity contribution >= 4 is 0 Å². The number of fused-ring (bicyclic) bond motifs is 2. The second kappa shape index (κ2) is 1.98. The molecule has 2 heterocycles. The van der Waals surface area contributed by atoms with Gasteiger partial charge >= 0.3 is 0 Å². The van der Waals surface area contributed by atoms with Gasteiger partial charge in [0.05, 0.1) is 0 Å². The molecule has 9 heavy (non-hydrogen) atoms. The number of piperidine rings is 1. The fraction of sp³-hybridized carbons (Fsp3) is 0.875. The third kappa shape index (κ3) is 0.787. The van der Waals surface area contributed by atoms with E-state index in [4.69, 9.17) is 0 Å². The van der Waals surface area contributed by atoms with Crippen LogP contribution in [0.15, 0.2) is 0 Å². The van der Waals surface area contributed by atoms with E-state index in [2.05, 4.69) is 18.4 Å². The van der Waals surface area contributed by atoms with Crippen molar-refractivity contribution in [1.29, 1.82) is 0 Å². The normalized spacial score (nSPS) is 43.7. The fourth-order valence-electron chi connectivity index (χ4n) is 2.14. The Hall–Kier alpha value is -0.0400. The maximum absolute atomic E-state index is 2.56. The molecule has 2 aliphatic rings. The Morgan fingerprint density at radius 3 is 2.22 bits per heavy atom. The summed E-state index contributed by atoms with van der Waals surface area (Å²) in [4.78, 5) is 2.56. The van der Waals surface area contributed by atoms with Crippen LogP contribution in [0.1, 0.15) is 25.7 Å². The molecule has 2 aliphatic heterocycles. The third-order valence-electron chi connectivity index (χ3n) is 2.86. The van der Waals surface area contributed by atoms with Gasteiger partial charge in [0, 0.05) is 12.1 Å². The van der Waals surface area contributed by atoms with Crippen molar-refractivity contribution in [3.63, 3.8) is 0 Å². The molecule has 0 aromatic carbocycles. The summed E-state index contributed by atoms with van der Waals surface area (Å²) in [6.07, 6.45) is 8.03. The van der Waals surface area contributed by atoms with Crippen LogP contribution < -0.4 is 0 Å². The average molecular weight is 124 g/mol. The summed E-state index contributed by atoms with van der Waals surface area (Å²) in [5, 5.41) is 0. The summed E-state index contributed by atoms with van der Waals surface area (Å²) in [5.74, 6) is 0. The van der Waals surface area contributed by atoms with E-state index in [9.17, 15) is 0 Å². The summed E-state index contributed by atoms with van der Waals surface area (Å²) in [5.41, 5.74) is 0. The van der Waals surface area contributed by atoms with Gasteiger partial charge in [0.25, 0.3) is 0 Å². The Morgan fingerprint density at radius 1 is 1.22 bits per heavy atom. The molecule has 0 aromatic rings. The molecular formula is C8H14N. The molecule has 1 radical (unpaired) electrons. The Morgan fingerprint density at radius 2 is 1.78 bits per heavy atom. The lowest BCUT2D eigenvalue weighted by Crippen LogP contribution is -2.36. The van der Waals surface area contributed by atoms with E-state index in [0.717, 1.165) is 12.1 Å². The van der Waals surface area contributed by atoms with Gasteiger partial charge in [-0.2, -0.15) is 0 Å². The van der Waals surface area contributed by atoms with Crippen molar-refractivity contribution in [1.82, 2.24) is 4.90 Å². The summed E-state index contributed by atoms with van der Waals surface area (Å²) in [7, 11) is 2.27. The lowest BCUT2D eigenvalue weighted by atomic mass is 10.0. The van der Waals surface area contributed by atoms with E-state index in [1.807, 2.05) is 0 Å². The van der Waals surface area contributed by atoms with Gasteiger partial charge in [0.1, 0.15) is 0 Å². The van der Waals surface area contributed by atoms with E-state index >= 15 is 0 Å². The number of rotatable bonds is 0. The molecule has 0 saturated carbocycles. The van der Waals surface area contributed by atoms with E-state index in [1.165, 1.54) is 25.7 Å². The molecule has 0 aliphatic carbocycles. The predicted molar refractivity (Wildman–Crippen MR) is 38.1 cm³/mol. The van der Waals surface area contributed by atoms with Gasteiger partial charge in [-0.25, -0.2) is 0 Å². The topological polar surface area (TPSA) is 3.24 Å². The third-order valence-corrected chi connectivity index (χ3v) is 2.86. The number of nitrogens with zero attached hydrogens (tertiary/aromatic N) is 1. The Labute approximate surface area is 57.0 Å². The van der Waals surface area contributed by atoms with Crippen LogP contribution in [0, 0.1) is 6.42 Å². The van der Waals surface area contributed by atoms with Crippen molar-refractivity contribution in [2.45, 2.75) is 37.8 Å². The molecule has 0 N–H and O–H groups in total. The molecule has 2 bridgehead atoms.